The van der Waals surface area contributed by atoms with Crippen molar-refractivity contribution in [3.8, 4) is 0 Å². The molecule has 0 saturated heterocycles. The maximum atomic E-state index is 9.96. The van der Waals surface area contributed by atoms with E-state index in [1.54, 1.807) is 0 Å². The summed E-state index contributed by atoms with van der Waals surface area (Å²) < 4.78 is 0. The maximum Gasteiger partial charge on any atom is 0.0580 e. The fourth-order valence-electron chi connectivity index (χ4n) is 3.59. The van der Waals surface area contributed by atoms with Crippen molar-refractivity contribution in [2.24, 2.45) is 11.8 Å². The van der Waals surface area contributed by atoms with Crippen LogP contribution in [0.3, 0.4) is 0 Å². The Bertz CT molecular complexity index is 219. The van der Waals surface area contributed by atoms with Crippen LogP contribution in [0.15, 0.2) is 0 Å². The van der Waals surface area contributed by atoms with Crippen LogP contribution in [-0.4, -0.2) is 23.8 Å². The third kappa shape index (κ3) is 3.96. The molecule has 0 bridgehead atoms. The number of nitrogens with one attached hydrogen (secondary N) is 1. The zero-order valence-electron chi connectivity index (χ0n) is 11.3. The fourth-order valence-corrected chi connectivity index (χ4v) is 3.59. The van der Waals surface area contributed by atoms with Gasteiger partial charge in [0.1, 0.15) is 0 Å². The monoisotopic (exact) mass is 239 g/mol. The molecule has 100 valence electrons. The zero-order valence-corrected chi connectivity index (χ0v) is 11.3. The van der Waals surface area contributed by atoms with Crippen molar-refractivity contribution in [3.63, 3.8) is 0 Å². The second-order valence-corrected chi connectivity index (χ2v) is 6.16. The predicted molar refractivity (Wildman–Crippen MR) is 72.0 cm³/mol. The molecular formula is C15H29NO. The molecule has 0 aromatic carbocycles. The highest BCUT2D eigenvalue weighted by Crippen LogP contribution is 2.28. The molecule has 2 saturated carbocycles. The normalized spacial score (nSPS) is 39.2. The molecule has 0 aromatic rings. The fraction of sp³-hybridized carbons (Fsp3) is 1.00. The molecule has 2 rings (SSSR count). The van der Waals surface area contributed by atoms with E-state index < -0.39 is 0 Å². The molecule has 0 spiro atoms. The first kappa shape index (κ1) is 13.4. The summed E-state index contributed by atoms with van der Waals surface area (Å²) in [5.41, 5.74) is 0. The van der Waals surface area contributed by atoms with E-state index in [1.165, 1.54) is 51.4 Å². The Kier molecular flexibility index (Phi) is 5.30. The number of aliphatic hydroxyl groups is 1. The molecule has 2 N–H and O–H groups in total. The van der Waals surface area contributed by atoms with Crippen LogP contribution in [0.2, 0.25) is 0 Å². The molecule has 0 amide bonds. The summed E-state index contributed by atoms with van der Waals surface area (Å²) in [5, 5.41) is 13.7. The molecule has 0 unspecified atom stereocenters. The highest BCUT2D eigenvalue weighted by atomic mass is 16.3. The number of hydrogen-bond donors (Lipinski definition) is 2. The minimum Gasteiger partial charge on any atom is -0.393 e. The van der Waals surface area contributed by atoms with Crippen molar-refractivity contribution in [1.82, 2.24) is 5.32 Å². The number of aliphatic hydroxyl groups excluding tert-OH is 1. The molecule has 4 atom stereocenters. The highest BCUT2D eigenvalue weighted by molar-refractivity contribution is 4.81. The SMILES string of the molecule is CC[C@@H]1CCC[C@H](NC[C@H]2CCCC[C@@H]2O)C1. The molecule has 0 radical (unpaired) electrons. The first-order chi connectivity index (χ1) is 8.29. The first-order valence-electron chi connectivity index (χ1n) is 7.71. The Morgan fingerprint density at radius 1 is 1.06 bits per heavy atom. The largest absolute Gasteiger partial charge is 0.393 e. The van der Waals surface area contributed by atoms with E-state index >= 15 is 0 Å². The van der Waals surface area contributed by atoms with E-state index in [-0.39, 0.29) is 6.10 Å². The van der Waals surface area contributed by atoms with E-state index in [2.05, 4.69) is 12.2 Å². The van der Waals surface area contributed by atoms with Gasteiger partial charge in [0.05, 0.1) is 6.10 Å². The van der Waals surface area contributed by atoms with Crippen LogP contribution in [0.25, 0.3) is 0 Å². The van der Waals surface area contributed by atoms with Gasteiger partial charge in [0.2, 0.25) is 0 Å². The first-order valence-corrected chi connectivity index (χ1v) is 7.71. The van der Waals surface area contributed by atoms with Crippen molar-refractivity contribution in [2.45, 2.75) is 76.9 Å². The van der Waals surface area contributed by atoms with Crippen LogP contribution in [0, 0.1) is 11.8 Å². The summed E-state index contributed by atoms with van der Waals surface area (Å²) in [4.78, 5) is 0. The lowest BCUT2D eigenvalue weighted by Crippen LogP contribution is -2.40. The van der Waals surface area contributed by atoms with Gasteiger partial charge < -0.3 is 10.4 Å². The average Bonchev–Trinajstić information content (AvgIpc) is 2.38. The molecule has 2 aliphatic carbocycles. The van der Waals surface area contributed by atoms with Gasteiger partial charge in [-0.15, -0.1) is 0 Å². The summed E-state index contributed by atoms with van der Waals surface area (Å²) in [6.07, 6.45) is 11.6. The quantitative estimate of drug-likeness (QED) is 0.790. The van der Waals surface area contributed by atoms with Gasteiger partial charge in [-0.05, 0) is 37.5 Å². The van der Waals surface area contributed by atoms with Crippen molar-refractivity contribution < 1.29 is 5.11 Å². The van der Waals surface area contributed by atoms with Crippen LogP contribution >= 0.6 is 0 Å². The summed E-state index contributed by atoms with van der Waals surface area (Å²) in [6, 6.07) is 0.725. The van der Waals surface area contributed by atoms with Gasteiger partial charge in [-0.2, -0.15) is 0 Å². The molecule has 0 heterocycles. The van der Waals surface area contributed by atoms with Gasteiger partial charge in [-0.25, -0.2) is 0 Å². The van der Waals surface area contributed by atoms with Gasteiger partial charge in [0, 0.05) is 12.6 Å². The molecule has 2 heteroatoms. The van der Waals surface area contributed by atoms with Gasteiger partial charge in [0.15, 0.2) is 0 Å². The summed E-state index contributed by atoms with van der Waals surface area (Å²) in [6.45, 7) is 3.36. The molecule has 2 fully saturated rings. The molecule has 17 heavy (non-hydrogen) atoms. The number of hydrogen-bond acceptors (Lipinski definition) is 2. The Morgan fingerprint density at radius 2 is 1.88 bits per heavy atom. The van der Waals surface area contributed by atoms with Crippen LogP contribution in [0.5, 0.6) is 0 Å². The molecule has 0 aromatic heterocycles. The molecule has 0 aliphatic heterocycles. The minimum absolute atomic E-state index is 0.0400. The predicted octanol–water partition coefficient (Wildman–Crippen LogP) is 3.10. The van der Waals surface area contributed by atoms with Crippen LogP contribution in [0.4, 0.5) is 0 Å². The Balaban J connectivity index is 1.69. The average molecular weight is 239 g/mol. The molecule has 2 nitrogen and oxygen atoms in total. The summed E-state index contributed by atoms with van der Waals surface area (Å²) in [5.74, 6) is 1.46. The molecular weight excluding hydrogens is 210 g/mol. The van der Waals surface area contributed by atoms with Crippen molar-refractivity contribution in [3.05, 3.63) is 0 Å². The summed E-state index contributed by atoms with van der Waals surface area (Å²) in [7, 11) is 0. The summed E-state index contributed by atoms with van der Waals surface area (Å²) >= 11 is 0. The lowest BCUT2D eigenvalue weighted by Gasteiger charge is -2.33. The van der Waals surface area contributed by atoms with E-state index in [4.69, 9.17) is 0 Å². The molecule has 2 aliphatic rings. The van der Waals surface area contributed by atoms with Gasteiger partial charge in [-0.3, -0.25) is 0 Å². The van der Waals surface area contributed by atoms with E-state index in [1.807, 2.05) is 0 Å². The third-order valence-corrected chi connectivity index (χ3v) is 4.90. The third-order valence-electron chi connectivity index (χ3n) is 4.90. The zero-order chi connectivity index (χ0) is 12.1. The standard InChI is InChI=1S/C15H29NO/c1-2-12-6-5-8-14(10-12)16-11-13-7-3-4-9-15(13)17/h12-17H,2-11H2,1H3/t12-,13-,14+,15+/m1/s1. The van der Waals surface area contributed by atoms with Gasteiger partial charge >= 0.3 is 0 Å². The van der Waals surface area contributed by atoms with Crippen molar-refractivity contribution in [2.75, 3.05) is 6.54 Å². The number of rotatable bonds is 4. The Morgan fingerprint density at radius 3 is 2.65 bits per heavy atom. The second-order valence-electron chi connectivity index (χ2n) is 6.16. The van der Waals surface area contributed by atoms with E-state index in [0.29, 0.717) is 5.92 Å². The van der Waals surface area contributed by atoms with E-state index in [9.17, 15) is 5.11 Å². The maximum absolute atomic E-state index is 9.96. The lowest BCUT2D eigenvalue weighted by atomic mass is 9.83. The Hall–Kier alpha value is -0.0800. The second kappa shape index (κ2) is 6.75. The van der Waals surface area contributed by atoms with Crippen molar-refractivity contribution in [1.29, 1.82) is 0 Å². The topological polar surface area (TPSA) is 32.3 Å². The Labute approximate surface area is 106 Å². The van der Waals surface area contributed by atoms with Crippen molar-refractivity contribution >= 4 is 0 Å². The lowest BCUT2D eigenvalue weighted by molar-refractivity contribution is 0.0665. The van der Waals surface area contributed by atoms with E-state index in [0.717, 1.165) is 24.9 Å². The van der Waals surface area contributed by atoms with Crippen LogP contribution in [0.1, 0.15) is 64.7 Å². The minimum atomic E-state index is -0.0400. The highest BCUT2D eigenvalue weighted by Gasteiger charge is 2.25. The van der Waals surface area contributed by atoms with Gasteiger partial charge in [-0.1, -0.05) is 39.0 Å². The van der Waals surface area contributed by atoms with Crippen LogP contribution < -0.4 is 5.32 Å². The van der Waals surface area contributed by atoms with Gasteiger partial charge in [0.25, 0.3) is 0 Å². The van der Waals surface area contributed by atoms with Crippen LogP contribution in [-0.2, 0) is 0 Å². The smallest absolute Gasteiger partial charge is 0.0580 e.